The summed E-state index contributed by atoms with van der Waals surface area (Å²) in [6.07, 6.45) is 1.10. The Bertz CT molecular complexity index is 359. The van der Waals surface area contributed by atoms with Crippen molar-refractivity contribution >= 4 is 11.9 Å². The average molecular weight is 267 g/mol. The van der Waals surface area contributed by atoms with Gasteiger partial charge in [0.05, 0.1) is 6.61 Å². The summed E-state index contributed by atoms with van der Waals surface area (Å²) in [5, 5.41) is 3.10. The van der Waals surface area contributed by atoms with Gasteiger partial charge in [-0.25, -0.2) is 0 Å². The van der Waals surface area contributed by atoms with Crippen molar-refractivity contribution in [1.29, 1.82) is 0 Å². The lowest BCUT2D eigenvalue weighted by Crippen LogP contribution is -2.23. The third-order valence-electron chi connectivity index (χ3n) is 2.59. The topological polar surface area (TPSA) is 63.2 Å². The highest BCUT2D eigenvalue weighted by Gasteiger charge is 2.11. The van der Waals surface area contributed by atoms with Crippen LogP contribution in [0.3, 0.4) is 0 Å². The fourth-order valence-electron chi connectivity index (χ4n) is 1.50. The first-order valence-electron chi connectivity index (χ1n) is 6.90. The zero-order valence-electron chi connectivity index (χ0n) is 12.6. The van der Waals surface area contributed by atoms with Crippen LogP contribution >= 0.6 is 0 Å². The number of anilines is 2. The second kappa shape index (κ2) is 7.76. The predicted octanol–water partition coefficient (Wildman–Crippen LogP) is 2.18. The number of rotatable bonds is 8. The molecular weight excluding hydrogens is 242 g/mol. The molecule has 0 spiro atoms. The molecule has 0 bridgehead atoms. The van der Waals surface area contributed by atoms with Crippen LogP contribution in [0, 0.1) is 5.92 Å². The third kappa shape index (κ3) is 5.28. The molecule has 0 atom stereocenters. The van der Waals surface area contributed by atoms with Crippen LogP contribution < -0.4 is 15.0 Å². The van der Waals surface area contributed by atoms with Gasteiger partial charge in [-0.05, 0) is 26.2 Å². The lowest BCUT2D eigenvalue weighted by molar-refractivity contribution is 0.312. The molecule has 0 radical (unpaired) electrons. The Morgan fingerprint density at radius 3 is 2.53 bits per heavy atom. The summed E-state index contributed by atoms with van der Waals surface area (Å²) < 4.78 is 5.38. The van der Waals surface area contributed by atoms with E-state index >= 15 is 0 Å². The van der Waals surface area contributed by atoms with Gasteiger partial charge in [0.1, 0.15) is 0 Å². The van der Waals surface area contributed by atoms with Crippen LogP contribution in [-0.4, -0.2) is 41.7 Å². The van der Waals surface area contributed by atoms with Crippen LogP contribution in [0.15, 0.2) is 0 Å². The van der Waals surface area contributed by atoms with Gasteiger partial charge in [0.25, 0.3) is 0 Å². The highest BCUT2D eigenvalue weighted by atomic mass is 16.5. The number of ether oxygens (including phenoxy) is 1. The molecule has 0 aliphatic heterocycles. The summed E-state index contributed by atoms with van der Waals surface area (Å²) in [5.41, 5.74) is 0. The first-order valence-corrected chi connectivity index (χ1v) is 6.90. The summed E-state index contributed by atoms with van der Waals surface area (Å²) in [5.74, 6) is 1.87. The van der Waals surface area contributed by atoms with E-state index in [-0.39, 0.29) is 0 Å². The first kappa shape index (κ1) is 15.5. The molecule has 1 rings (SSSR count). The smallest absolute Gasteiger partial charge is 0.323 e. The predicted molar refractivity (Wildman–Crippen MR) is 77.9 cm³/mol. The molecule has 1 aromatic rings. The van der Waals surface area contributed by atoms with Crippen molar-refractivity contribution in [3.63, 3.8) is 0 Å². The van der Waals surface area contributed by atoms with Crippen molar-refractivity contribution in [1.82, 2.24) is 15.0 Å². The summed E-state index contributed by atoms with van der Waals surface area (Å²) in [6, 6.07) is 0.375. The molecule has 0 unspecified atom stereocenters. The quantitative estimate of drug-likeness (QED) is 0.779. The maximum Gasteiger partial charge on any atom is 0.323 e. The van der Waals surface area contributed by atoms with Gasteiger partial charge >= 0.3 is 6.01 Å². The van der Waals surface area contributed by atoms with E-state index in [1.807, 2.05) is 25.8 Å². The van der Waals surface area contributed by atoms with E-state index in [9.17, 15) is 0 Å². The Labute approximate surface area is 115 Å². The molecule has 6 heteroatoms. The Balaban J connectivity index is 2.84. The highest BCUT2D eigenvalue weighted by Crippen LogP contribution is 2.15. The number of aromatic nitrogens is 3. The van der Waals surface area contributed by atoms with Gasteiger partial charge < -0.3 is 15.0 Å². The summed E-state index contributed by atoms with van der Waals surface area (Å²) in [7, 11) is 1.99. The molecule has 0 aliphatic rings. The van der Waals surface area contributed by atoms with Crippen LogP contribution in [-0.2, 0) is 0 Å². The zero-order chi connectivity index (χ0) is 14.3. The standard InChI is InChI=1S/C13H25N5O/c1-6-14-11-15-12(17-13(16-11)19-7-2)18(5)9-8-10(3)4/h10H,6-9H2,1-5H3,(H,14,15,16,17). The van der Waals surface area contributed by atoms with Crippen molar-refractivity contribution in [3.8, 4) is 6.01 Å². The van der Waals surface area contributed by atoms with Gasteiger partial charge in [-0.15, -0.1) is 0 Å². The van der Waals surface area contributed by atoms with Gasteiger partial charge in [-0.2, -0.15) is 15.0 Å². The second-order valence-electron chi connectivity index (χ2n) is 4.81. The fraction of sp³-hybridized carbons (Fsp3) is 0.769. The molecular formula is C13H25N5O. The summed E-state index contributed by atoms with van der Waals surface area (Å²) >= 11 is 0. The summed E-state index contributed by atoms with van der Waals surface area (Å²) in [6.45, 7) is 10.6. The maximum absolute atomic E-state index is 5.38. The van der Waals surface area contributed by atoms with E-state index in [0.717, 1.165) is 19.5 Å². The molecule has 0 aliphatic carbocycles. The Kier molecular flexibility index (Phi) is 6.32. The number of hydrogen-bond donors (Lipinski definition) is 1. The maximum atomic E-state index is 5.38. The van der Waals surface area contributed by atoms with E-state index < -0.39 is 0 Å². The van der Waals surface area contributed by atoms with Gasteiger partial charge in [0, 0.05) is 20.1 Å². The van der Waals surface area contributed by atoms with E-state index in [4.69, 9.17) is 4.74 Å². The minimum absolute atomic E-state index is 0.375. The van der Waals surface area contributed by atoms with E-state index in [1.54, 1.807) is 0 Å². The second-order valence-corrected chi connectivity index (χ2v) is 4.81. The molecule has 0 saturated carbocycles. The van der Waals surface area contributed by atoms with E-state index in [2.05, 4.69) is 34.1 Å². The molecule has 1 heterocycles. The van der Waals surface area contributed by atoms with Gasteiger partial charge in [0.15, 0.2) is 0 Å². The van der Waals surface area contributed by atoms with Crippen LogP contribution in [0.25, 0.3) is 0 Å². The SMILES string of the molecule is CCNc1nc(OCC)nc(N(C)CCC(C)C)n1. The van der Waals surface area contributed by atoms with Gasteiger partial charge in [-0.3, -0.25) is 0 Å². The minimum atomic E-state index is 0.375. The molecule has 1 N–H and O–H groups in total. The van der Waals surface area contributed by atoms with Crippen molar-refractivity contribution in [2.75, 3.05) is 37.0 Å². The lowest BCUT2D eigenvalue weighted by atomic mass is 10.1. The van der Waals surface area contributed by atoms with Crippen molar-refractivity contribution in [2.24, 2.45) is 5.92 Å². The average Bonchev–Trinajstić information content (AvgIpc) is 2.36. The highest BCUT2D eigenvalue weighted by molar-refractivity contribution is 5.37. The molecule has 0 amide bonds. The third-order valence-corrected chi connectivity index (χ3v) is 2.59. The van der Waals surface area contributed by atoms with Crippen molar-refractivity contribution < 1.29 is 4.74 Å². The van der Waals surface area contributed by atoms with Gasteiger partial charge in [-0.1, -0.05) is 13.8 Å². The minimum Gasteiger partial charge on any atom is -0.464 e. The largest absolute Gasteiger partial charge is 0.464 e. The van der Waals surface area contributed by atoms with Crippen molar-refractivity contribution in [2.45, 2.75) is 34.1 Å². The molecule has 0 aromatic carbocycles. The summed E-state index contributed by atoms with van der Waals surface area (Å²) in [4.78, 5) is 15.0. The molecule has 6 nitrogen and oxygen atoms in total. The lowest BCUT2D eigenvalue weighted by Gasteiger charge is -2.19. The number of nitrogens with zero attached hydrogens (tertiary/aromatic N) is 4. The van der Waals surface area contributed by atoms with Crippen LogP contribution in [0.2, 0.25) is 0 Å². The molecule has 19 heavy (non-hydrogen) atoms. The zero-order valence-corrected chi connectivity index (χ0v) is 12.6. The van der Waals surface area contributed by atoms with Crippen LogP contribution in [0.1, 0.15) is 34.1 Å². The molecule has 108 valence electrons. The number of nitrogens with one attached hydrogen (secondary N) is 1. The fourth-order valence-corrected chi connectivity index (χ4v) is 1.50. The van der Waals surface area contributed by atoms with E-state index in [0.29, 0.717) is 30.4 Å². The van der Waals surface area contributed by atoms with E-state index in [1.165, 1.54) is 0 Å². The first-order chi connectivity index (χ1) is 9.06. The molecule has 0 fully saturated rings. The Morgan fingerprint density at radius 1 is 1.21 bits per heavy atom. The Hall–Kier alpha value is -1.59. The van der Waals surface area contributed by atoms with Crippen molar-refractivity contribution in [3.05, 3.63) is 0 Å². The van der Waals surface area contributed by atoms with Crippen LogP contribution in [0.5, 0.6) is 6.01 Å². The number of hydrogen-bond acceptors (Lipinski definition) is 6. The monoisotopic (exact) mass is 267 g/mol. The Morgan fingerprint density at radius 2 is 1.95 bits per heavy atom. The normalized spacial score (nSPS) is 10.6. The molecule has 1 aromatic heterocycles. The van der Waals surface area contributed by atoms with Crippen LogP contribution in [0.4, 0.5) is 11.9 Å². The molecule has 0 saturated heterocycles. The van der Waals surface area contributed by atoms with Gasteiger partial charge in [0.2, 0.25) is 11.9 Å².